The molecule has 0 saturated carbocycles. The Morgan fingerprint density at radius 3 is 0.971 bits per heavy atom. The van der Waals surface area contributed by atoms with E-state index in [9.17, 15) is 29.7 Å². The van der Waals surface area contributed by atoms with Gasteiger partial charge in [-0.15, -0.1) is 0 Å². The predicted octanol–water partition coefficient (Wildman–Crippen LogP) is 1.80. The Hall–Kier alpha value is -3.41. The minimum atomic E-state index is -4.57. The predicted molar refractivity (Wildman–Crippen MR) is 118 cm³/mol. The Kier molecular flexibility index (Phi) is 9.02. The van der Waals surface area contributed by atoms with Crippen LogP contribution in [-0.4, -0.2) is 50.5 Å². The van der Waals surface area contributed by atoms with E-state index in [2.05, 4.69) is 0 Å². The van der Waals surface area contributed by atoms with Crippen LogP contribution in [0.1, 0.15) is 35.0 Å². The first kappa shape index (κ1) is 25.2. The van der Waals surface area contributed by atoms with Crippen molar-refractivity contribution in [2.45, 2.75) is 18.3 Å². The van der Waals surface area contributed by atoms with E-state index in [1.54, 1.807) is 54.6 Å². The first-order valence-electron chi connectivity index (χ1n) is 10.2. The fraction of sp³-hybridized carbons (Fsp3) is 0.125. The van der Waals surface area contributed by atoms with Crippen molar-refractivity contribution in [3.8, 4) is 0 Å². The second kappa shape index (κ2) is 12.2. The van der Waals surface area contributed by atoms with Crippen LogP contribution in [0.2, 0.25) is 0 Å². The third kappa shape index (κ3) is 6.79. The molecule has 3 atom stereocenters. The van der Waals surface area contributed by atoms with Crippen molar-refractivity contribution in [3.63, 3.8) is 0 Å². The first-order valence-corrected chi connectivity index (χ1v) is 13.1. The van der Waals surface area contributed by atoms with Gasteiger partial charge in [0.15, 0.2) is 0 Å². The van der Waals surface area contributed by atoms with Gasteiger partial charge in [0.25, 0.3) is 0 Å². The Balaban J connectivity index is 1.75. The maximum absolute atomic E-state index is 12.5. The van der Waals surface area contributed by atoms with Crippen LogP contribution in [0.4, 0.5) is 0 Å². The zero-order chi connectivity index (χ0) is 24.5. The zero-order valence-electron chi connectivity index (χ0n) is 17.8. The summed E-state index contributed by atoms with van der Waals surface area (Å²) < 4.78 is 15.2. The summed E-state index contributed by atoms with van der Waals surface area (Å²) in [4.78, 5) is 37.4. The maximum atomic E-state index is 12.5. The van der Waals surface area contributed by atoms with E-state index in [0.29, 0.717) is 0 Å². The van der Waals surface area contributed by atoms with E-state index in [-0.39, 0.29) is 16.7 Å². The summed E-state index contributed by atoms with van der Waals surface area (Å²) in [6, 6.07) is 23.5. The fourth-order valence-corrected chi connectivity index (χ4v) is 5.17. The standard InChI is InChI=1S/3C8H8O3.Ga/c3*9-7(8(10)11)6-4-2-1-3-5-6;/h3*1-5,7,9H,(H,10,11);/q;;;+3/p-3/t3*7-;/m111./s1. The molecule has 0 heterocycles. The van der Waals surface area contributed by atoms with E-state index in [1.807, 2.05) is 0 Å². The molecule has 0 spiro atoms. The molecule has 9 nitrogen and oxygen atoms in total. The van der Waals surface area contributed by atoms with Gasteiger partial charge < -0.3 is 0 Å². The molecule has 0 radical (unpaired) electrons. The SMILES string of the molecule is O=C([O][Ga]([O]C(=O)[C@H](O)c1ccccc1)[O]C(=O)[C@H](O)c1ccccc1)[C@H](O)c1ccccc1. The average Bonchev–Trinajstić information content (AvgIpc) is 2.88. The fourth-order valence-electron chi connectivity index (χ4n) is 2.86. The van der Waals surface area contributed by atoms with Crippen LogP contribution in [0.3, 0.4) is 0 Å². The zero-order valence-corrected chi connectivity index (χ0v) is 20.2. The van der Waals surface area contributed by atoms with E-state index in [0.717, 1.165) is 0 Å². The van der Waals surface area contributed by atoms with Crippen LogP contribution in [0.25, 0.3) is 0 Å². The van der Waals surface area contributed by atoms with Gasteiger partial charge in [-0.25, -0.2) is 0 Å². The summed E-state index contributed by atoms with van der Waals surface area (Å²) in [7, 11) is 0. The molecule has 3 aromatic rings. The molecule has 3 N–H and O–H groups in total. The molecule has 0 aliphatic heterocycles. The Bertz CT molecular complexity index is 952. The van der Waals surface area contributed by atoms with Crippen LogP contribution in [0.5, 0.6) is 0 Å². The number of carbonyl (C=O) groups is 3. The second-order valence-corrected chi connectivity index (χ2v) is 9.73. The Labute approximate surface area is 201 Å². The van der Waals surface area contributed by atoms with E-state index in [4.69, 9.17) is 10.6 Å². The third-order valence-electron chi connectivity index (χ3n) is 4.65. The topological polar surface area (TPSA) is 140 Å². The number of carbonyl (C=O) groups excluding carboxylic acids is 3. The molecule has 0 amide bonds. The number of hydrogen-bond donors (Lipinski definition) is 3. The molecule has 3 rings (SSSR count). The van der Waals surface area contributed by atoms with Crippen LogP contribution in [0, 0.1) is 0 Å². The van der Waals surface area contributed by atoms with Crippen LogP contribution >= 0.6 is 0 Å². The van der Waals surface area contributed by atoms with Gasteiger partial charge >= 0.3 is 202 Å². The Morgan fingerprint density at radius 2 is 0.735 bits per heavy atom. The molecule has 0 bridgehead atoms. The molecule has 174 valence electrons. The monoisotopic (exact) mass is 522 g/mol. The van der Waals surface area contributed by atoms with Gasteiger partial charge in [-0.05, 0) is 0 Å². The molecular formula is C24H21GaO9. The van der Waals surface area contributed by atoms with E-state index in [1.165, 1.54) is 36.4 Å². The summed E-state index contributed by atoms with van der Waals surface area (Å²) in [6.07, 6.45) is -5.19. The number of rotatable bonds is 9. The van der Waals surface area contributed by atoms with Crippen molar-refractivity contribution in [1.29, 1.82) is 0 Å². The van der Waals surface area contributed by atoms with Gasteiger partial charge in [-0.2, -0.15) is 0 Å². The van der Waals surface area contributed by atoms with Gasteiger partial charge in [-0.1, -0.05) is 0 Å². The quantitative estimate of drug-likeness (QED) is 0.359. The van der Waals surface area contributed by atoms with Gasteiger partial charge in [0.1, 0.15) is 0 Å². The molecular weight excluding hydrogens is 502 g/mol. The first-order chi connectivity index (χ1) is 16.4. The van der Waals surface area contributed by atoms with Gasteiger partial charge in [0.05, 0.1) is 0 Å². The van der Waals surface area contributed by atoms with Gasteiger partial charge in [0, 0.05) is 0 Å². The molecule has 0 aliphatic rings. The van der Waals surface area contributed by atoms with Crippen molar-refractivity contribution >= 4 is 35.2 Å². The molecule has 3 aromatic carbocycles. The summed E-state index contributed by atoms with van der Waals surface area (Å²) in [5, 5.41) is 30.8. The van der Waals surface area contributed by atoms with Crippen LogP contribution in [0.15, 0.2) is 91.0 Å². The van der Waals surface area contributed by atoms with Crippen molar-refractivity contribution in [2.24, 2.45) is 0 Å². The summed E-state index contributed by atoms with van der Waals surface area (Å²) >= 11 is -4.57. The summed E-state index contributed by atoms with van der Waals surface area (Å²) in [5.41, 5.74) is 0.625. The summed E-state index contributed by atoms with van der Waals surface area (Å²) in [5.74, 6) is -3.62. The number of aliphatic hydroxyl groups is 3. The van der Waals surface area contributed by atoms with Crippen molar-refractivity contribution in [1.82, 2.24) is 0 Å². The molecule has 0 fully saturated rings. The van der Waals surface area contributed by atoms with Crippen molar-refractivity contribution < 1.29 is 40.3 Å². The van der Waals surface area contributed by atoms with E-state index >= 15 is 0 Å². The normalized spacial score (nSPS) is 13.1. The second-order valence-electron chi connectivity index (χ2n) is 7.04. The number of aliphatic hydroxyl groups excluding tert-OH is 3. The third-order valence-corrected chi connectivity index (χ3v) is 7.33. The molecule has 10 heteroatoms. The molecule has 0 aromatic heterocycles. The number of hydrogen-bond acceptors (Lipinski definition) is 9. The Morgan fingerprint density at radius 1 is 0.500 bits per heavy atom. The van der Waals surface area contributed by atoms with Crippen LogP contribution in [-0.2, 0) is 25.0 Å². The van der Waals surface area contributed by atoms with Gasteiger partial charge in [0.2, 0.25) is 0 Å². The molecule has 0 unspecified atom stereocenters. The molecule has 0 aliphatic carbocycles. The van der Waals surface area contributed by atoms with Crippen molar-refractivity contribution in [3.05, 3.63) is 108 Å². The molecule has 34 heavy (non-hydrogen) atoms. The van der Waals surface area contributed by atoms with E-state index < -0.39 is 53.5 Å². The molecule has 0 saturated heterocycles. The summed E-state index contributed by atoms with van der Waals surface area (Å²) in [6.45, 7) is 0. The van der Waals surface area contributed by atoms with Crippen molar-refractivity contribution in [2.75, 3.05) is 0 Å². The van der Waals surface area contributed by atoms with Gasteiger partial charge in [-0.3, -0.25) is 0 Å². The number of benzene rings is 3. The minimum absolute atomic E-state index is 0.208. The average molecular weight is 523 g/mol. The van der Waals surface area contributed by atoms with Crippen LogP contribution < -0.4 is 0 Å².